The van der Waals surface area contributed by atoms with Crippen LogP contribution in [0.15, 0.2) is 0 Å². The molecule has 0 spiro atoms. The average Bonchev–Trinajstić information content (AvgIpc) is 2.32. The molecule has 1 amide bonds. The molecule has 5 nitrogen and oxygen atoms in total. The molecule has 112 valence electrons. The van der Waals surface area contributed by atoms with Crippen molar-refractivity contribution in [2.75, 3.05) is 26.2 Å². The summed E-state index contributed by atoms with van der Waals surface area (Å²) >= 11 is 0. The Labute approximate surface area is 116 Å². The van der Waals surface area contributed by atoms with Gasteiger partial charge in [0.1, 0.15) is 0 Å². The molecule has 3 N–H and O–H groups in total. The highest BCUT2D eigenvalue weighted by Gasteiger charge is 2.33. The minimum atomic E-state index is -0.0509. The molecule has 0 aromatic carbocycles. The van der Waals surface area contributed by atoms with E-state index in [4.69, 9.17) is 10.5 Å². The van der Waals surface area contributed by atoms with E-state index < -0.39 is 0 Å². The molecule has 2 atom stereocenters. The van der Waals surface area contributed by atoms with Gasteiger partial charge in [0.25, 0.3) is 0 Å². The molecular formula is C14H29N3O2. The van der Waals surface area contributed by atoms with Gasteiger partial charge in [-0.25, -0.2) is 0 Å². The van der Waals surface area contributed by atoms with Crippen molar-refractivity contribution < 1.29 is 9.53 Å². The number of hydrogen-bond donors (Lipinski definition) is 2. The lowest BCUT2D eigenvalue weighted by Crippen LogP contribution is -2.58. The van der Waals surface area contributed by atoms with Crippen molar-refractivity contribution in [1.29, 1.82) is 0 Å². The summed E-state index contributed by atoms with van der Waals surface area (Å²) in [6.45, 7) is 11.6. The predicted molar refractivity (Wildman–Crippen MR) is 77.0 cm³/mol. The quantitative estimate of drug-likeness (QED) is 0.747. The third kappa shape index (κ3) is 5.47. The Morgan fingerprint density at radius 2 is 1.95 bits per heavy atom. The summed E-state index contributed by atoms with van der Waals surface area (Å²) in [6, 6.07) is 0. The lowest BCUT2D eigenvalue weighted by molar-refractivity contribution is -0.123. The van der Waals surface area contributed by atoms with Crippen LogP contribution in [0.4, 0.5) is 0 Å². The van der Waals surface area contributed by atoms with Gasteiger partial charge >= 0.3 is 0 Å². The molecule has 0 radical (unpaired) electrons. The lowest BCUT2D eigenvalue weighted by atomic mass is 10.00. The van der Waals surface area contributed by atoms with Gasteiger partial charge in [-0.1, -0.05) is 0 Å². The number of nitrogens with one attached hydrogen (secondary N) is 1. The van der Waals surface area contributed by atoms with Crippen molar-refractivity contribution in [2.45, 2.75) is 58.3 Å². The van der Waals surface area contributed by atoms with Gasteiger partial charge in [0, 0.05) is 31.6 Å². The summed E-state index contributed by atoms with van der Waals surface area (Å²) in [7, 11) is 0. The van der Waals surface area contributed by atoms with E-state index >= 15 is 0 Å². The zero-order chi connectivity index (χ0) is 14.5. The molecule has 1 rings (SSSR count). The van der Waals surface area contributed by atoms with Crippen molar-refractivity contribution in [3.05, 3.63) is 0 Å². The number of rotatable bonds is 6. The average molecular weight is 271 g/mol. The lowest BCUT2D eigenvalue weighted by Gasteiger charge is -2.45. The van der Waals surface area contributed by atoms with Gasteiger partial charge in [-0.2, -0.15) is 0 Å². The highest BCUT2D eigenvalue weighted by atomic mass is 16.5. The standard InChI is InChI=1S/C14H29N3O2/c1-11-8-17(9-12(2)19-11)14(3,4)10-16-13(18)6-5-7-15/h11-12H,5-10,15H2,1-4H3,(H,16,18). The third-order valence-corrected chi connectivity index (χ3v) is 3.60. The number of carbonyl (C=O) groups is 1. The second-order valence-electron chi connectivity index (χ2n) is 6.14. The van der Waals surface area contributed by atoms with E-state index in [1.807, 2.05) is 0 Å². The zero-order valence-electron chi connectivity index (χ0n) is 12.7. The third-order valence-electron chi connectivity index (χ3n) is 3.60. The van der Waals surface area contributed by atoms with Gasteiger partial charge in [-0.3, -0.25) is 9.69 Å². The smallest absolute Gasteiger partial charge is 0.220 e. The van der Waals surface area contributed by atoms with Gasteiger partial charge in [-0.15, -0.1) is 0 Å². The Hall–Kier alpha value is -0.650. The first-order chi connectivity index (χ1) is 8.85. The van der Waals surface area contributed by atoms with Crippen LogP contribution >= 0.6 is 0 Å². The summed E-state index contributed by atoms with van der Waals surface area (Å²) in [5, 5.41) is 3.01. The summed E-state index contributed by atoms with van der Waals surface area (Å²) < 4.78 is 5.75. The largest absolute Gasteiger partial charge is 0.373 e. The zero-order valence-corrected chi connectivity index (χ0v) is 12.7. The molecule has 2 unspecified atom stereocenters. The Kier molecular flexibility index (Phi) is 6.23. The number of hydrogen-bond acceptors (Lipinski definition) is 4. The molecule has 0 bridgehead atoms. The summed E-state index contributed by atoms with van der Waals surface area (Å²) in [6.07, 6.45) is 1.76. The maximum atomic E-state index is 11.7. The van der Waals surface area contributed by atoms with Crippen LogP contribution in [-0.4, -0.2) is 54.7 Å². The van der Waals surface area contributed by atoms with E-state index in [-0.39, 0.29) is 23.7 Å². The molecule has 19 heavy (non-hydrogen) atoms. The number of nitrogens with zero attached hydrogens (tertiary/aromatic N) is 1. The van der Waals surface area contributed by atoms with Crippen LogP contribution in [0.25, 0.3) is 0 Å². The van der Waals surface area contributed by atoms with E-state index in [0.717, 1.165) is 19.5 Å². The fourth-order valence-electron chi connectivity index (χ4n) is 2.45. The van der Waals surface area contributed by atoms with E-state index in [0.29, 0.717) is 19.5 Å². The fraction of sp³-hybridized carbons (Fsp3) is 0.929. The first-order valence-electron chi connectivity index (χ1n) is 7.22. The molecule has 0 aromatic rings. The second kappa shape index (κ2) is 7.22. The monoisotopic (exact) mass is 271 g/mol. The number of carbonyl (C=O) groups excluding carboxylic acids is 1. The Morgan fingerprint density at radius 1 is 1.37 bits per heavy atom. The Morgan fingerprint density at radius 3 is 2.47 bits per heavy atom. The van der Waals surface area contributed by atoms with Gasteiger partial charge < -0.3 is 15.8 Å². The number of morpholine rings is 1. The van der Waals surface area contributed by atoms with Gasteiger partial charge in [0.05, 0.1) is 12.2 Å². The van der Waals surface area contributed by atoms with E-state index in [1.54, 1.807) is 0 Å². The summed E-state index contributed by atoms with van der Waals surface area (Å²) in [4.78, 5) is 14.0. The molecular weight excluding hydrogens is 242 g/mol. The topological polar surface area (TPSA) is 67.6 Å². The molecule has 1 fully saturated rings. The van der Waals surface area contributed by atoms with Gasteiger partial charge in [0.2, 0.25) is 5.91 Å². The first kappa shape index (κ1) is 16.4. The molecule has 5 heteroatoms. The van der Waals surface area contributed by atoms with Crippen LogP contribution in [-0.2, 0) is 9.53 Å². The second-order valence-corrected chi connectivity index (χ2v) is 6.14. The Balaban J connectivity index is 2.43. The molecule has 1 aliphatic heterocycles. The SMILES string of the molecule is CC1CN(C(C)(C)CNC(=O)CCCN)CC(C)O1. The van der Waals surface area contributed by atoms with Crippen molar-refractivity contribution in [3.8, 4) is 0 Å². The first-order valence-corrected chi connectivity index (χ1v) is 7.22. The fourth-order valence-corrected chi connectivity index (χ4v) is 2.45. The molecule has 1 saturated heterocycles. The molecule has 1 heterocycles. The predicted octanol–water partition coefficient (Wildman–Crippen LogP) is 0.729. The van der Waals surface area contributed by atoms with Crippen molar-refractivity contribution in [2.24, 2.45) is 5.73 Å². The number of amides is 1. The van der Waals surface area contributed by atoms with Crippen molar-refractivity contribution in [1.82, 2.24) is 10.2 Å². The van der Waals surface area contributed by atoms with Gasteiger partial charge in [-0.05, 0) is 40.7 Å². The summed E-state index contributed by atoms with van der Waals surface area (Å²) in [5.41, 5.74) is 5.35. The van der Waals surface area contributed by atoms with Crippen LogP contribution in [0.1, 0.15) is 40.5 Å². The minimum absolute atomic E-state index is 0.0509. The van der Waals surface area contributed by atoms with Crippen molar-refractivity contribution >= 4 is 5.91 Å². The van der Waals surface area contributed by atoms with Crippen LogP contribution < -0.4 is 11.1 Å². The molecule has 0 aliphatic carbocycles. The number of ether oxygens (including phenoxy) is 1. The maximum Gasteiger partial charge on any atom is 0.220 e. The number of nitrogens with two attached hydrogens (primary N) is 1. The molecule has 1 aliphatic rings. The molecule has 0 saturated carbocycles. The minimum Gasteiger partial charge on any atom is -0.373 e. The summed E-state index contributed by atoms with van der Waals surface area (Å²) in [5.74, 6) is 0.0906. The van der Waals surface area contributed by atoms with Gasteiger partial charge in [0.15, 0.2) is 0 Å². The highest BCUT2D eigenvalue weighted by molar-refractivity contribution is 5.75. The molecule has 0 aromatic heterocycles. The highest BCUT2D eigenvalue weighted by Crippen LogP contribution is 2.20. The van der Waals surface area contributed by atoms with Crippen LogP contribution in [0.3, 0.4) is 0 Å². The van der Waals surface area contributed by atoms with E-state index in [9.17, 15) is 4.79 Å². The van der Waals surface area contributed by atoms with E-state index in [1.165, 1.54) is 0 Å². The van der Waals surface area contributed by atoms with Crippen LogP contribution in [0.2, 0.25) is 0 Å². The Bertz CT molecular complexity index is 284. The normalized spacial score (nSPS) is 25.3. The maximum absolute atomic E-state index is 11.7. The van der Waals surface area contributed by atoms with Crippen LogP contribution in [0, 0.1) is 0 Å². The van der Waals surface area contributed by atoms with Crippen molar-refractivity contribution in [3.63, 3.8) is 0 Å². The van der Waals surface area contributed by atoms with Crippen LogP contribution in [0.5, 0.6) is 0 Å². The van der Waals surface area contributed by atoms with E-state index in [2.05, 4.69) is 37.9 Å².